The molecule has 1 aliphatic heterocycles. The number of aryl methyl sites for hydroxylation is 1. The van der Waals surface area contributed by atoms with Crippen LogP contribution in [-0.4, -0.2) is 28.7 Å². The van der Waals surface area contributed by atoms with Crippen LogP contribution in [-0.2, 0) is 21.6 Å². The van der Waals surface area contributed by atoms with E-state index in [2.05, 4.69) is 4.98 Å². The van der Waals surface area contributed by atoms with Crippen molar-refractivity contribution in [1.82, 2.24) is 9.55 Å². The molecule has 0 radical (unpaired) electrons. The number of primary amides is 1. The van der Waals surface area contributed by atoms with Gasteiger partial charge in [0.1, 0.15) is 18.2 Å². The number of carbonyl (C=O) groups excluding carboxylic acids is 1. The van der Waals surface area contributed by atoms with Gasteiger partial charge in [-0.15, -0.1) is 0 Å². The first-order chi connectivity index (χ1) is 14.1. The number of rotatable bonds is 6. The lowest BCUT2D eigenvalue weighted by Gasteiger charge is -2.34. The first kappa shape index (κ1) is 19.2. The van der Waals surface area contributed by atoms with Gasteiger partial charge in [0.2, 0.25) is 5.91 Å². The van der Waals surface area contributed by atoms with Crippen LogP contribution in [0.3, 0.4) is 0 Å². The highest BCUT2D eigenvalue weighted by atomic mass is 16.5. The Hall–Kier alpha value is -3.12. The highest BCUT2D eigenvalue weighted by Gasteiger charge is 2.40. The van der Waals surface area contributed by atoms with Crippen molar-refractivity contribution in [2.75, 3.05) is 13.2 Å². The maximum Gasteiger partial charge on any atom is 0.228 e. The predicted octanol–water partition coefficient (Wildman–Crippen LogP) is 3.29. The van der Waals surface area contributed by atoms with E-state index < -0.39 is 5.41 Å². The van der Waals surface area contributed by atoms with Crippen LogP contribution in [0.1, 0.15) is 29.8 Å². The van der Waals surface area contributed by atoms with E-state index in [1.807, 2.05) is 66.2 Å². The molecule has 6 heteroatoms. The van der Waals surface area contributed by atoms with E-state index in [0.717, 1.165) is 28.4 Å². The van der Waals surface area contributed by atoms with Crippen molar-refractivity contribution in [2.24, 2.45) is 5.73 Å². The number of benzene rings is 2. The molecule has 1 fully saturated rings. The smallest absolute Gasteiger partial charge is 0.228 e. The molecule has 3 aromatic rings. The minimum atomic E-state index is -0.679. The third-order valence-electron chi connectivity index (χ3n) is 5.65. The first-order valence-corrected chi connectivity index (χ1v) is 9.79. The molecule has 2 N–H and O–H groups in total. The van der Waals surface area contributed by atoms with Crippen LogP contribution >= 0.6 is 0 Å². The van der Waals surface area contributed by atoms with Crippen molar-refractivity contribution in [3.05, 3.63) is 77.9 Å². The zero-order chi connectivity index (χ0) is 20.3. The SMILES string of the molecule is Cc1nccn1-c1ccc(COc2cccc(C3(C(N)=O)CCOCC3)c2)cc1. The quantitative estimate of drug-likeness (QED) is 0.699. The summed E-state index contributed by atoms with van der Waals surface area (Å²) < 4.78 is 13.5. The summed E-state index contributed by atoms with van der Waals surface area (Å²) in [5.41, 5.74) is 8.12. The average molecular weight is 391 g/mol. The summed E-state index contributed by atoms with van der Waals surface area (Å²) >= 11 is 0. The Morgan fingerprint density at radius 3 is 2.62 bits per heavy atom. The molecular weight excluding hydrogens is 366 g/mol. The second kappa shape index (κ2) is 8.09. The van der Waals surface area contributed by atoms with Gasteiger partial charge >= 0.3 is 0 Å². The van der Waals surface area contributed by atoms with Gasteiger partial charge < -0.3 is 19.8 Å². The van der Waals surface area contributed by atoms with E-state index in [4.69, 9.17) is 15.2 Å². The van der Waals surface area contributed by atoms with Gasteiger partial charge in [-0.25, -0.2) is 4.98 Å². The van der Waals surface area contributed by atoms with E-state index >= 15 is 0 Å². The summed E-state index contributed by atoms with van der Waals surface area (Å²) in [4.78, 5) is 16.5. The molecular formula is C23H25N3O3. The Balaban J connectivity index is 1.47. The van der Waals surface area contributed by atoms with E-state index in [9.17, 15) is 4.79 Å². The Bertz CT molecular complexity index is 989. The number of amides is 1. The molecule has 29 heavy (non-hydrogen) atoms. The summed E-state index contributed by atoms with van der Waals surface area (Å²) in [6.07, 6.45) is 4.93. The lowest BCUT2D eigenvalue weighted by atomic mass is 9.73. The highest BCUT2D eigenvalue weighted by Crippen LogP contribution is 2.36. The number of aromatic nitrogens is 2. The van der Waals surface area contributed by atoms with Crippen LogP contribution < -0.4 is 10.5 Å². The lowest BCUT2D eigenvalue weighted by Crippen LogP contribution is -2.45. The van der Waals surface area contributed by atoms with Gasteiger partial charge in [0.25, 0.3) is 0 Å². The molecule has 0 spiro atoms. The number of hydrogen-bond acceptors (Lipinski definition) is 4. The molecule has 2 aromatic carbocycles. The van der Waals surface area contributed by atoms with Crippen molar-refractivity contribution < 1.29 is 14.3 Å². The molecule has 150 valence electrons. The van der Waals surface area contributed by atoms with Crippen LogP contribution in [0.25, 0.3) is 5.69 Å². The topological polar surface area (TPSA) is 79.4 Å². The summed E-state index contributed by atoms with van der Waals surface area (Å²) in [7, 11) is 0. The van der Waals surface area contributed by atoms with Gasteiger partial charge in [0.05, 0.1) is 5.41 Å². The standard InChI is InChI=1S/C23H25N3O3/c1-17-25-11-12-26(17)20-7-5-18(6-8-20)16-29-21-4-2-3-19(15-21)23(22(24)27)9-13-28-14-10-23/h2-8,11-12,15H,9-10,13-14,16H2,1H3,(H2,24,27). The molecule has 4 rings (SSSR count). The van der Waals surface area contributed by atoms with Gasteiger partial charge in [0, 0.05) is 31.3 Å². The minimum absolute atomic E-state index is 0.302. The molecule has 1 aliphatic rings. The minimum Gasteiger partial charge on any atom is -0.489 e. The van der Waals surface area contributed by atoms with Crippen LogP contribution in [0, 0.1) is 6.92 Å². The van der Waals surface area contributed by atoms with E-state index in [-0.39, 0.29) is 5.91 Å². The fraction of sp³-hybridized carbons (Fsp3) is 0.304. The van der Waals surface area contributed by atoms with Crippen LogP contribution in [0.2, 0.25) is 0 Å². The van der Waals surface area contributed by atoms with Gasteiger partial charge in [-0.2, -0.15) is 0 Å². The third kappa shape index (κ3) is 3.89. The maximum atomic E-state index is 12.2. The number of imidazole rings is 1. The van der Waals surface area contributed by atoms with Gasteiger partial charge in [-0.3, -0.25) is 4.79 Å². The lowest BCUT2D eigenvalue weighted by molar-refractivity contribution is -0.127. The van der Waals surface area contributed by atoms with Crippen molar-refractivity contribution in [3.8, 4) is 11.4 Å². The van der Waals surface area contributed by atoms with Crippen LogP contribution in [0.5, 0.6) is 5.75 Å². The fourth-order valence-corrected chi connectivity index (χ4v) is 3.85. The zero-order valence-electron chi connectivity index (χ0n) is 16.5. The largest absolute Gasteiger partial charge is 0.489 e. The fourth-order valence-electron chi connectivity index (χ4n) is 3.85. The second-order valence-electron chi connectivity index (χ2n) is 7.39. The Labute approximate surface area is 170 Å². The molecule has 1 amide bonds. The number of nitrogens with zero attached hydrogens (tertiary/aromatic N) is 2. The summed E-state index contributed by atoms with van der Waals surface area (Å²) in [5, 5.41) is 0. The summed E-state index contributed by atoms with van der Waals surface area (Å²) in [5.74, 6) is 1.37. The van der Waals surface area contributed by atoms with Crippen molar-refractivity contribution >= 4 is 5.91 Å². The highest BCUT2D eigenvalue weighted by molar-refractivity contribution is 5.87. The Morgan fingerprint density at radius 2 is 1.97 bits per heavy atom. The maximum absolute atomic E-state index is 12.2. The average Bonchev–Trinajstić information content (AvgIpc) is 3.19. The number of carbonyl (C=O) groups is 1. The van der Waals surface area contributed by atoms with E-state index in [1.54, 1.807) is 6.20 Å². The van der Waals surface area contributed by atoms with Crippen molar-refractivity contribution in [3.63, 3.8) is 0 Å². The molecule has 0 aliphatic carbocycles. The molecule has 0 bridgehead atoms. The Morgan fingerprint density at radius 1 is 1.21 bits per heavy atom. The normalized spacial score (nSPS) is 15.8. The van der Waals surface area contributed by atoms with Gasteiger partial charge in [0.15, 0.2) is 0 Å². The van der Waals surface area contributed by atoms with Crippen molar-refractivity contribution in [2.45, 2.75) is 31.8 Å². The molecule has 1 aromatic heterocycles. The van der Waals surface area contributed by atoms with E-state index in [1.165, 1.54) is 0 Å². The molecule has 6 nitrogen and oxygen atoms in total. The van der Waals surface area contributed by atoms with Crippen LogP contribution in [0.15, 0.2) is 60.9 Å². The van der Waals surface area contributed by atoms with Gasteiger partial charge in [-0.1, -0.05) is 24.3 Å². The summed E-state index contributed by atoms with van der Waals surface area (Å²) in [6.45, 7) is 3.49. The number of ether oxygens (including phenoxy) is 2. The van der Waals surface area contributed by atoms with Gasteiger partial charge in [-0.05, 0) is 55.2 Å². The third-order valence-corrected chi connectivity index (χ3v) is 5.65. The molecule has 0 atom stereocenters. The monoisotopic (exact) mass is 391 g/mol. The summed E-state index contributed by atoms with van der Waals surface area (Å²) in [6, 6.07) is 15.9. The zero-order valence-corrected chi connectivity index (χ0v) is 16.5. The first-order valence-electron chi connectivity index (χ1n) is 9.79. The number of nitrogens with two attached hydrogens (primary N) is 1. The predicted molar refractivity (Wildman–Crippen MR) is 110 cm³/mol. The van der Waals surface area contributed by atoms with E-state index in [0.29, 0.717) is 32.7 Å². The molecule has 2 heterocycles. The second-order valence-corrected chi connectivity index (χ2v) is 7.39. The molecule has 0 saturated carbocycles. The van der Waals surface area contributed by atoms with Crippen molar-refractivity contribution in [1.29, 1.82) is 0 Å². The molecule has 0 unspecified atom stereocenters. The molecule has 1 saturated heterocycles. The Kier molecular flexibility index (Phi) is 5.36. The number of hydrogen-bond donors (Lipinski definition) is 1. The van der Waals surface area contributed by atoms with Crippen LogP contribution in [0.4, 0.5) is 0 Å².